The summed E-state index contributed by atoms with van der Waals surface area (Å²) in [5.41, 5.74) is 1.57. The van der Waals surface area contributed by atoms with Crippen molar-refractivity contribution in [3.63, 3.8) is 0 Å². The van der Waals surface area contributed by atoms with Gasteiger partial charge in [0.1, 0.15) is 5.69 Å². The summed E-state index contributed by atoms with van der Waals surface area (Å²) in [6.45, 7) is 3.14. The van der Waals surface area contributed by atoms with Gasteiger partial charge in [0.2, 0.25) is 0 Å². The quantitative estimate of drug-likeness (QED) is 0.834. The number of methoxy groups -OCH3 is 1. The number of hydrogen-bond acceptors (Lipinski definition) is 4. The van der Waals surface area contributed by atoms with Gasteiger partial charge >= 0.3 is 0 Å². The monoisotopic (exact) mass is 277 g/mol. The molecule has 0 spiro atoms. The minimum absolute atomic E-state index is 0.140. The molecule has 0 aliphatic carbocycles. The van der Waals surface area contributed by atoms with E-state index >= 15 is 0 Å². The van der Waals surface area contributed by atoms with Crippen LogP contribution in [0.4, 0.5) is 5.69 Å². The molecule has 1 saturated heterocycles. The highest BCUT2D eigenvalue weighted by molar-refractivity contribution is 5.93. The van der Waals surface area contributed by atoms with E-state index in [1.54, 1.807) is 13.3 Å². The number of carbonyl (C=O) groups is 1. The highest BCUT2D eigenvalue weighted by Gasteiger charge is 2.13. The molecule has 1 N–H and O–H groups in total. The first kappa shape index (κ1) is 14.8. The maximum atomic E-state index is 12.0. The van der Waals surface area contributed by atoms with E-state index in [2.05, 4.69) is 15.2 Å². The summed E-state index contributed by atoms with van der Waals surface area (Å²) in [6, 6.07) is 3.87. The van der Waals surface area contributed by atoms with E-state index in [4.69, 9.17) is 4.74 Å². The lowest BCUT2D eigenvalue weighted by Gasteiger charge is -2.22. The number of carbonyl (C=O) groups excluding carboxylic acids is 1. The van der Waals surface area contributed by atoms with Crippen LogP contribution in [0.15, 0.2) is 18.3 Å². The predicted molar refractivity (Wildman–Crippen MR) is 79.1 cm³/mol. The Bertz CT molecular complexity index is 429. The zero-order chi connectivity index (χ0) is 14.2. The number of pyridine rings is 1. The van der Waals surface area contributed by atoms with E-state index in [9.17, 15) is 4.79 Å². The highest BCUT2D eigenvalue weighted by atomic mass is 16.5. The number of amides is 1. The molecule has 1 aromatic heterocycles. The first-order chi connectivity index (χ1) is 9.81. The van der Waals surface area contributed by atoms with Gasteiger partial charge in [0.05, 0.1) is 6.61 Å². The summed E-state index contributed by atoms with van der Waals surface area (Å²) >= 11 is 0. The fraction of sp³-hybridized carbons (Fsp3) is 0.600. The normalized spacial score (nSPS) is 15.8. The van der Waals surface area contributed by atoms with Crippen molar-refractivity contribution in [1.82, 2.24) is 10.3 Å². The predicted octanol–water partition coefficient (Wildman–Crippen LogP) is 1.84. The van der Waals surface area contributed by atoms with E-state index in [1.807, 2.05) is 12.1 Å². The molecule has 1 amide bonds. The fourth-order valence-electron chi connectivity index (χ4n) is 2.43. The number of rotatable bonds is 5. The first-order valence-corrected chi connectivity index (χ1v) is 7.29. The average molecular weight is 277 g/mol. The Morgan fingerprint density at radius 3 is 2.80 bits per heavy atom. The third kappa shape index (κ3) is 4.20. The SMILES string of the molecule is COCCNC(=O)c1cc(N2CCCCCC2)ccn1. The number of ether oxygens (including phenoxy) is 1. The van der Waals surface area contributed by atoms with Crippen LogP contribution in [0.25, 0.3) is 0 Å². The molecular formula is C15H23N3O2. The lowest BCUT2D eigenvalue weighted by molar-refractivity contribution is 0.0932. The van der Waals surface area contributed by atoms with E-state index in [0.29, 0.717) is 18.8 Å². The van der Waals surface area contributed by atoms with Gasteiger partial charge in [-0.3, -0.25) is 9.78 Å². The molecule has 2 heterocycles. The topological polar surface area (TPSA) is 54.5 Å². The van der Waals surface area contributed by atoms with Crippen LogP contribution in [0.2, 0.25) is 0 Å². The standard InChI is InChI=1S/C15H23N3O2/c1-20-11-8-17-15(19)14-12-13(6-7-16-14)18-9-4-2-3-5-10-18/h6-7,12H,2-5,8-11H2,1H3,(H,17,19). The summed E-state index contributed by atoms with van der Waals surface area (Å²) in [5, 5.41) is 2.80. The summed E-state index contributed by atoms with van der Waals surface area (Å²) in [5.74, 6) is -0.140. The van der Waals surface area contributed by atoms with E-state index in [-0.39, 0.29) is 5.91 Å². The van der Waals surface area contributed by atoms with Crippen LogP contribution in [-0.4, -0.2) is 44.2 Å². The number of nitrogens with one attached hydrogen (secondary N) is 1. The Labute approximate surface area is 120 Å². The van der Waals surface area contributed by atoms with Gasteiger partial charge in [-0.1, -0.05) is 12.8 Å². The molecule has 1 fully saturated rings. The minimum Gasteiger partial charge on any atom is -0.383 e. The summed E-state index contributed by atoms with van der Waals surface area (Å²) < 4.78 is 4.92. The van der Waals surface area contributed by atoms with Gasteiger partial charge in [-0.15, -0.1) is 0 Å². The maximum Gasteiger partial charge on any atom is 0.270 e. The minimum atomic E-state index is -0.140. The first-order valence-electron chi connectivity index (χ1n) is 7.29. The third-order valence-electron chi connectivity index (χ3n) is 3.54. The second kappa shape index (κ2) is 7.85. The average Bonchev–Trinajstić information content (AvgIpc) is 2.76. The number of aromatic nitrogens is 1. The van der Waals surface area contributed by atoms with Crippen molar-refractivity contribution >= 4 is 11.6 Å². The van der Waals surface area contributed by atoms with Crippen molar-refractivity contribution in [2.75, 3.05) is 38.3 Å². The van der Waals surface area contributed by atoms with Crippen LogP contribution in [-0.2, 0) is 4.74 Å². The van der Waals surface area contributed by atoms with E-state index in [0.717, 1.165) is 18.8 Å². The highest BCUT2D eigenvalue weighted by Crippen LogP contribution is 2.19. The van der Waals surface area contributed by atoms with Crippen molar-refractivity contribution in [3.8, 4) is 0 Å². The lowest BCUT2D eigenvalue weighted by Crippen LogP contribution is -2.28. The largest absolute Gasteiger partial charge is 0.383 e. The number of nitrogens with zero attached hydrogens (tertiary/aromatic N) is 2. The molecular weight excluding hydrogens is 254 g/mol. The van der Waals surface area contributed by atoms with E-state index in [1.165, 1.54) is 25.7 Å². The summed E-state index contributed by atoms with van der Waals surface area (Å²) in [4.78, 5) is 18.5. The second-order valence-electron chi connectivity index (χ2n) is 5.05. The van der Waals surface area contributed by atoms with Crippen molar-refractivity contribution in [2.45, 2.75) is 25.7 Å². The van der Waals surface area contributed by atoms with Crippen molar-refractivity contribution in [2.24, 2.45) is 0 Å². The van der Waals surface area contributed by atoms with Crippen molar-refractivity contribution < 1.29 is 9.53 Å². The van der Waals surface area contributed by atoms with Crippen LogP contribution in [0.5, 0.6) is 0 Å². The van der Waals surface area contributed by atoms with Gasteiger partial charge in [0, 0.05) is 38.6 Å². The molecule has 5 heteroatoms. The van der Waals surface area contributed by atoms with Crippen molar-refractivity contribution in [1.29, 1.82) is 0 Å². The van der Waals surface area contributed by atoms with Crippen LogP contribution in [0.3, 0.4) is 0 Å². The van der Waals surface area contributed by atoms with Gasteiger partial charge in [-0.05, 0) is 25.0 Å². The van der Waals surface area contributed by atoms with E-state index < -0.39 is 0 Å². The Balaban J connectivity index is 2.01. The number of anilines is 1. The van der Waals surface area contributed by atoms with Gasteiger partial charge in [-0.2, -0.15) is 0 Å². The molecule has 1 aliphatic heterocycles. The second-order valence-corrected chi connectivity index (χ2v) is 5.05. The molecule has 110 valence electrons. The molecule has 5 nitrogen and oxygen atoms in total. The lowest BCUT2D eigenvalue weighted by atomic mass is 10.2. The Morgan fingerprint density at radius 2 is 2.10 bits per heavy atom. The molecule has 0 radical (unpaired) electrons. The molecule has 1 aliphatic rings. The molecule has 0 saturated carbocycles. The zero-order valence-electron chi connectivity index (χ0n) is 12.1. The third-order valence-corrected chi connectivity index (χ3v) is 3.54. The van der Waals surface area contributed by atoms with Crippen molar-refractivity contribution in [3.05, 3.63) is 24.0 Å². The smallest absolute Gasteiger partial charge is 0.270 e. The van der Waals surface area contributed by atoms with Gasteiger partial charge < -0.3 is 15.0 Å². The molecule has 0 aromatic carbocycles. The Hall–Kier alpha value is -1.62. The number of hydrogen-bond donors (Lipinski definition) is 1. The molecule has 1 aromatic rings. The molecule has 0 atom stereocenters. The van der Waals surface area contributed by atoms with Gasteiger partial charge in [-0.25, -0.2) is 0 Å². The van der Waals surface area contributed by atoms with Crippen LogP contribution in [0.1, 0.15) is 36.2 Å². The molecule has 0 unspecified atom stereocenters. The summed E-state index contributed by atoms with van der Waals surface area (Å²) in [7, 11) is 1.62. The van der Waals surface area contributed by atoms with Crippen LogP contribution < -0.4 is 10.2 Å². The Morgan fingerprint density at radius 1 is 1.35 bits per heavy atom. The van der Waals surface area contributed by atoms with Crippen LogP contribution in [0, 0.1) is 0 Å². The fourth-order valence-corrected chi connectivity index (χ4v) is 2.43. The van der Waals surface area contributed by atoms with Gasteiger partial charge in [0.15, 0.2) is 0 Å². The molecule has 2 rings (SSSR count). The molecule has 20 heavy (non-hydrogen) atoms. The summed E-state index contributed by atoms with van der Waals surface area (Å²) in [6.07, 6.45) is 6.75. The van der Waals surface area contributed by atoms with Crippen LogP contribution >= 0.6 is 0 Å². The zero-order valence-corrected chi connectivity index (χ0v) is 12.1. The molecule has 0 bridgehead atoms. The van der Waals surface area contributed by atoms with Gasteiger partial charge in [0.25, 0.3) is 5.91 Å². The Kier molecular flexibility index (Phi) is 5.80. The maximum absolute atomic E-state index is 12.0.